The summed E-state index contributed by atoms with van der Waals surface area (Å²) in [5.74, 6) is -0.999. The van der Waals surface area contributed by atoms with Gasteiger partial charge >= 0.3 is 5.97 Å². The molecule has 24 heavy (non-hydrogen) atoms. The van der Waals surface area contributed by atoms with E-state index in [1.54, 1.807) is 10.6 Å². The molecule has 0 aliphatic heterocycles. The van der Waals surface area contributed by atoms with Gasteiger partial charge in [0.15, 0.2) is 5.69 Å². The van der Waals surface area contributed by atoms with Gasteiger partial charge in [0.25, 0.3) is 0 Å². The fourth-order valence-corrected chi connectivity index (χ4v) is 3.22. The molecule has 0 atom stereocenters. The van der Waals surface area contributed by atoms with Crippen molar-refractivity contribution in [3.8, 4) is 11.3 Å². The lowest BCUT2D eigenvalue weighted by Crippen LogP contribution is -2.04. The van der Waals surface area contributed by atoms with E-state index in [1.165, 1.54) is 0 Å². The molecule has 0 amide bonds. The molecule has 0 spiro atoms. The quantitative estimate of drug-likeness (QED) is 0.536. The van der Waals surface area contributed by atoms with Crippen LogP contribution >= 0.6 is 15.9 Å². The molecule has 0 aliphatic carbocycles. The van der Waals surface area contributed by atoms with Crippen LogP contribution in [0.3, 0.4) is 0 Å². The van der Waals surface area contributed by atoms with Gasteiger partial charge in [-0.3, -0.25) is 4.40 Å². The Morgan fingerprint density at radius 3 is 2.62 bits per heavy atom. The molecule has 2 aromatic carbocycles. The lowest BCUT2D eigenvalue weighted by Gasteiger charge is -2.04. The molecule has 0 aliphatic rings. The van der Waals surface area contributed by atoms with Crippen LogP contribution < -0.4 is 0 Å². The molecule has 4 aromatic rings. The highest BCUT2D eigenvalue weighted by Gasteiger charge is 2.20. The third-order valence-electron chi connectivity index (χ3n) is 4.13. The fourth-order valence-electron chi connectivity index (χ4n) is 2.90. The fraction of sp³-hybridized carbons (Fsp3) is 0.0526. The average molecular weight is 381 g/mol. The van der Waals surface area contributed by atoms with Crippen molar-refractivity contribution in [2.24, 2.45) is 0 Å². The average Bonchev–Trinajstić information content (AvgIpc) is 2.93. The van der Waals surface area contributed by atoms with Crippen LogP contribution in [0.2, 0.25) is 0 Å². The largest absolute Gasteiger partial charge is 0.476 e. The first kappa shape index (κ1) is 14.9. The predicted octanol–water partition coefficient (Wildman–Crippen LogP) is 4.92. The molecule has 1 N–H and O–H groups in total. The standard InChI is InChI=1S/C19H13BrN2O2/c1-11-8-16-21-17(18(19(23)24)22(16)10-15(11)20)14-7-6-12-4-2-3-5-13(12)9-14/h2-10H,1H3,(H,23,24). The summed E-state index contributed by atoms with van der Waals surface area (Å²) >= 11 is 3.46. The van der Waals surface area contributed by atoms with E-state index in [2.05, 4.69) is 20.9 Å². The summed E-state index contributed by atoms with van der Waals surface area (Å²) in [4.78, 5) is 16.4. The SMILES string of the molecule is Cc1cc2nc(-c3ccc4ccccc4c3)c(C(=O)O)n2cc1Br. The van der Waals surface area contributed by atoms with Crippen molar-refractivity contribution < 1.29 is 9.90 Å². The number of hydrogen-bond donors (Lipinski definition) is 1. The molecule has 0 saturated heterocycles. The zero-order valence-corrected chi connectivity index (χ0v) is 14.4. The zero-order chi connectivity index (χ0) is 16.8. The number of aryl methyl sites for hydroxylation is 1. The van der Waals surface area contributed by atoms with E-state index in [1.807, 2.05) is 55.5 Å². The van der Waals surface area contributed by atoms with Gasteiger partial charge in [-0.1, -0.05) is 36.4 Å². The summed E-state index contributed by atoms with van der Waals surface area (Å²) < 4.78 is 2.46. The first-order chi connectivity index (χ1) is 11.5. The first-order valence-electron chi connectivity index (χ1n) is 7.45. The van der Waals surface area contributed by atoms with E-state index in [4.69, 9.17) is 0 Å². The molecule has 5 heteroatoms. The molecular weight excluding hydrogens is 368 g/mol. The van der Waals surface area contributed by atoms with Crippen molar-refractivity contribution in [1.82, 2.24) is 9.38 Å². The van der Waals surface area contributed by atoms with E-state index < -0.39 is 5.97 Å². The Hall–Kier alpha value is -2.66. The molecule has 0 saturated carbocycles. The van der Waals surface area contributed by atoms with Crippen molar-refractivity contribution in [2.45, 2.75) is 6.92 Å². The molecule has 118 valence electrons. The van der Waals surface area contributed by atoms with Gasteiger partial charge in [0.05, 0.1) is 0 Å². The Kier molecular flexibility index (Phi) is 3.39. The number of benzene rings is 2. The summed E-state index contributed by atoms with van der Waals surface area (Å²) in [7, 11) is 0. The van der Waals surface area contributed by atoms with Gasteiger partial charge in [0, 0.05) is 16.2 Å². The van der Waals surface area contributed by atoms with Crippen molar-refractivity contribution in [1.29, 1.82) is 0 Å². The van der Waals surface area contributed by atoms with Crippen molar-refractivity contribution in [3.63, 3.8) is 0 Å². The predicted molar refractivity (Wildman–Crippen MR) is 97.5 cm³/mol. The number of pyridine rings is 1. The Morgan fingerprint density at radius 2 is 1.88 bits per heavy atom. The third-order valence-corrected chi connectivity index (χ3v) is 4.96. The summed E-state index contributed by atoms with van der Waals surface area (Å²) in [5, 5.41) is 11.9. The molecule has 4 nitrogen and oxygen atoms in total. The molecule has 0 bridgehead atoms. The maximum absolute atomic E-state index is 11.9. The number of imidazole rings is 1. The number of aromatic carboxylic acids is 1. The van der Waals surface area contributed by atoms with E-state index in [-0.39, 0.29) is 5.69 Å². The highest BCUT2D eigenvalue weighted by Crippen LogP contribution is 2.29. The number of carboxylic acids is 1. The second-order valence-corrected chi connectivity index (χ2v) is 6.56. The summed E-state index contributed by atoms with van der Waals surface area (Å²) in [5.41, 5.74) is 3.07. The number of rotatable bonds is 2. The Bertz CT molecular complexity index is 1120. The van der Waals surface area contributed by atoms with Crippen LogP contribution in [0.5, 0.6) is 0 Å². The highest BCUT2D eigenvalue weighted by molar-refractivity contribution is 9.10. The van der Waals surface area contributed by atoms with E-state index in [0.717, 1.165) is 26.4 Å². The van der Waals surface area contributed by atoms with Gasteiger partial charge in [-0.2, -0.15) is 0 Å². The first-order valence-corrected chi connectivity index (χ1v) is 8.24. The number of carboxylic acid groups (broad SMARTS) is 1. The van der Waals surface area contributed by atoms with Crippen LogP contribution in [0.15, 0.2) is 59.2 Å². The molecule has 4 rings (SSSR count). The Labute approximate surface area is 146 Å². The number of carbonyl (C=O) groups is 1. The molecule has 2 heterocycles. The molecule has 0 unspecified atom stereocenters. The summed E-state index contributed by atoms with van der Waals surface area (Å²) in [6.45, 7) is 1.95. The topological polar surface area (TPSA) is 54.6 Å². The normalized spacial score (nSPS) is 11.2. The number of hydrogen-bond acceptors (Lipinski definition) is 2. The van der Waals surface area contributed by atoms with Gasteiger partial charge < -0.3 is 5.11 Å². The third kappa shape index (κ3) is 2.29. The van der Waals surface area contributed by atoms with Crippen LogP contribution in [0, 0.1) is 6.92 Å². The van der Waals surface area contributed by atoms with Gasteiger partial charge in [-0.25, -0.2) is 9.78 Å². The zero-order valence-electron chi connectivity index (χ0n) is 12.8. The van der Waals surface area contributed by atoms with Gasteiger partial charge in [-0.05, 0) is 51.3 Å². The van der Waals surface area contributed by atoms with Gasteiger partial charge in [0.1, 0.15) is 11.3 Å². The maximum atomic E-state index is 11.9. The summed E-state index contributed by atoms with van der Waals surface area (Å²) in [6, 6.07) is 15.7. The molecule has 0 fully saturated rings. The van der Waals surface area contributed by atoms with E-state index in [9.17, 15) is 9.90 Å². The minimum absolute atomic E-state index is 0.168. The minimum atomic E-state index is -0.999. The maximum Gasteiger partial charge on any atom is 0.355 e. The molecule has 2 aromatic heterocycles. The van der Waals surface area contributed by atoms with E-state index in [0.29, 0.717) is 11.3 Å². The van der Waals surface area contributed by atoms with Crippen LogP contribution in [0.1, 0.15) is 16.1 Å². The van der Waals surface area contributed by atoms with Crippen molar-refractivity contribution >= 4 is 38.3 Å². The van der Waals surface area contributed by atoms with Crippen LogP contribution in [0.25, 0.3) is 27.7 Å². The molecule has 0 radical (unpaired) electrons. The smallest absolute Gasteiger partial charge is 0.355 e. The highest BCUT2D eigenvalue weighted by atomic mass is 79.9. The number of fused-ring (bicyclic) bond motifs is 2. The Balaban J connectivity index is 2.03. The van der Waals surface area contributed by atoms with Crippen molar-refractivity contribution in [2.75, 3.05) is 0 Å². The molecular formula is C19H13BrN2O2. The van der Waals surface area contributed by atoms with Crippen LogP contribution in [0.4, 0.5) is 0 Å². The van der Waals surface area contributed by atoms with Crippen LogP contribution in [-0.2, 0) is 0 Å². The van der Waals surface area contributed by atoms with Gasteiger partial charge in [0.2, 0.25) is 0 Å². The number of aromatic nitrogens is 2. The Morgan fingerprint density at radius 1 is 1.12 bits per heavy atom. The van der Waals surface area contributed by atoms with Crippen molar-refractivity contribution in [3.05, 3.63) is 70.5 Å². The minimum Gasteiger partial charge on any atom is -0.476 e. The number of nitrogens with zero attached hydrogens (tertiary/aromatic N) is 2. The summed E-state index contributed by atoms with van der Waals surface area (Å²) in [6.07, 6.45) is 1.76. The van der Waals surface area contributed by atoms with Gasteiger partial charge in [-0.15, -0.1) is 0 Å². The second kappa shape index (κ2) is 5.46. The second-order valence-electron chi connectivity index (χ2n) is 5.71. The number of halogens is 1. The van der Waals surface area contributed by atoms with Crippen LogP contribution in [-0.4, -0.2) is 20.5 Å². The van der Waals surface area contributed by atoms with E-state index >= 15 is 0 Å². The lowest BCUT2D eigenvalue weighted by molar-refractivity contribution is 0.0690. The monoisotopic (exact) mass is 380 g/mol. The lowest BCUT2D eigenvalue weighted by atomic mass is 10.0.